The second kappa shape index (κ2) is 6.22. The zero-order valence-corrected chi connectivity index (χ0v) is 16.3. The maximum atomic E-state index is 12.6. The van der Waals surface area contributed by atoms with E-state index in [9.17, 15) is 14.7 Å². The van der Waals surface area contributed by atoms with Gasteiger partial charge in [0, 0.05) is 12.5 Å². The van der Waals surface area contributed by atoms with Crippen LogP contribution in [-0.4, -0.2) is 53.1 Å². The number of thiocarbonyl (C=S) groups is 1. The number of hydrogen-bond acceptors (Lipinski definition) is 5. The highest BCUT2D eigenvalue weighted by molar-refractivity contribution is 8.24. The molecule has 0 aromatic rings. The minimum atomic E-state index is -1.17. The molecule has 124 valence electrons. The number of carboxylic acid groups (broad SMARTS) is 1. The molecule has 0 radical (unpaired) electrons. The van der Waals surface area contributed by atoms with Crippen molar-refractivity contribution in [2.24, 2.45) is 17.3 Å². The van der Waals surface area contributed by atoms with E-state index in [2.05, 4.69) is 33.9 Å². The Balaban J connectivity index is 2.20. The summed E-state index contributed by atoms with van der Waals surface area (Å²) < 4.78 is 6.28. The predicted octanol–water partition coefficient (Wildman–Crippen LogP) is 1.96. The molecule has 0 aromatic heterocycles. The third-order valence-electron chi connectivity index (χ3n) is 4.25. The Morgan fingerprint density at radius 1 is 1.50 bits per heavy atom. The molecule has 0 aliphatic carbocycles. The number of nitrogens with zero attached hydrogens (tertiary/aromatic N) is 1. The van der Waals surface area contributed by atoms with Crippen LogP contribution >= 0.6 is 24.0 Å². The minimum Gasteiger partial charge on any atom is -0.479 e. The van der Waals surface area contributed by atoms with Crippen molar-refractivity contribution in [3.63, 3.8) is 0 Å². The van der Waals surface area contributed by atoms with Crippen LogP contribution in [0.2, 0.25) is 13.1 Å². The summed E-state index contributed by atoms with van der Waals surface area (Å²) in [5.41, 5.74) is -0.0841. The van der Waals surface area contributed by atoms with E-state index in [1.807, 2.05) is 0 Å². The highest BCUT2D eigenvalue weighted by Crippen LogP contribution is 2.51. The lowest BCUT2D eigenvalue weighted by atomic mass is 9.70. The second-order valence-corrected chi connectivity index (χ2v) is 11.5. The second-order valence-electron chi connectivity index (χ2n) is 7.19. The van der Waals surface area contributed by atoms with Crippen molar-refractivity contribution < 1.29 is 19.1 Å². The molecule has 0 spiro atoms. The van der Waals surface area contributed by atoms with Gasteiger partial charge in [0.15, 0.2) is 15.1 Å². The maximum Gasteiger partial charge on any atom is 0.332 e. The molecule has 8 heteroatoms. The quantitative estimate of drug-likeness (QED) is 0.459. The topological polar surface area (TPSA) is 66.8 Å². The number of thioether (sulfide) groups is 1. The summed E-state index contributed by atoms with van der Waals surface area (Å²) in [5, 5.41) is 9.12. The monoisotopic (exact) mass is 361 g/mol. The molecule has 0 aromatic carbocycles. The molecule has 4 atom stereocenters. The van der Waals surface area contributed by atoms with E-state index in [1.54, 1.807) is 0 Å². The molecular weight excluding hydrogens is 338 g/mol. The number of aliphatic carboxylic acids is 1. The largest absolute Gasteiger partial charge is 0.479 e. The summed E-state index contributed by atoms with van der Waals surface area (Å²) in [6.45, 7) is 11.1. The molecule has 0 bridgehead atoms. The molecule has 1 amide bonds. The maximum absolute atomic E-state index is 12.6. The first-order valence-corrected chi connectivity index (χ1v) is 11.5. The van der Waals surface area contributed by atoms with Gasteiger partial charge in [-0.05, 0) is 18.5 Å². The van der Waals surface area contributed by atoms with Crippen LogP contribution in [0.1, 0.15) is 20.8 Å². The van der Waals surface area contributed by atoms with E-state index in [0.717, 1.165) is 0 Å². The third kappa shape index (κ3) is 3.11. The van der Waals surface area contributed by atoms with Crippen molar-refractivity contribution >= 4 is 49.1 Å². The van der Waals surface area contributed by atoms with Crippen LogP contribution in [0.3, 0.4) is 0 Å². The van der Waals surface area contributed by atoms with E-state index in [1.165, 1.54) is 16.7 Å². The molecule has 2 rings (SSSR count). The molecule has 22 heavy (non-hydrogen) atoms. The summed E-state index contributed by atoms with van der Waals surface area (Å²) in [6, 6.07) is -0.949. The normalized spacial score (nSPS) is 29.5. The molecular formula is C14H23NO4S2Si. The Kier molecular flexibility index (Phi) is 5.06. The van der Waals surface area contributed by atoms with Crippen LogP contribution < -0.4 is 0 Å². The van der Waals surface area contributed by atoms with Gasteiger partial charge in [-0.2, -0.15) is 0 Å². The number of β-lactam (4-membered cyclic amide) rings is 1. The van der Waals surface area contributed by atoms with Crippen molar-refractivity contribution in [3.05, 3.63) is 0 Å². The van der Waals surface area contributed by atoms with Gasteiger partial charge in [0.2, 0.25) is 5.91 Å². The highest BCUT2D eigenvalue weighted by atomic mass is 32.2. The summed E-state index contributed by atoms with van der Waals surface area (Å²) in [7, 11) is -1.17. The molecule has 2 aliphatic heterocycles. The van der Waals surface area contributed by atoms with Crippen LogP contribution in [0.5, 0.6) is 0 Å². The summed E-state index contributed by atoms with van der Waals surface area (Å²) >= 11 is 6.52. The Labute approximate surface area is 142 Å². The van der Waals surface area contributed by atoms with Crippen molar-refractivity contribution in [2.45, 2.75) is 45.3 Å². The van der Waals surface area contributed by atoms with Gasteiger partial charge in [0.05, 0.1) is 15.5 Å². The fourth-order valence-corrected chi connectivity index (χ4v) is 5.47. The lowest BCUT2D eigenvalue weighted by molar-refractivity contribution is -0.165. The Bertz CT molecular complexity index is 506. The van der Waals surface area contributed by atoms with Crippen molar-refractivity contribution in [1.82, 2.24) is 4.90 Å². The zero-order chi connectivity index (χ0) is 16.8. The first-order valence-electron chi connectivity index (χ1n) is 7.42. The van der Waals surface area contributed by atoms with Gasteiger partial charge in [-0.1, -0.05) is 44.8 Å². The van der Waals surface area contributed by atoms with E-state index >= 15 is 0 Å². The average molecular weight is 362 g/mol. The molecule has 5 nitrogen and oxygen atoms in total. The molecule has 0 saturated carbocycles. The molecule has 2 heterocycles. The van der Waals surface area contributed by atoms with Crippen molar-refractivity contribution in [3.8, 4) is 0 Å². The van der Waals surface area contributed by atoms with Gasteiger partial charge < -0.3 is 14.4 Å². The number of amides is 1. The predicted molar refractivity (Wildman–Crippen MR) is 93.5 cm³/mol. The van der Waals surface area contributed by atoms with Crippen LogP contribution in [0.25, 0.3) is 0 Å². The fourth-order valence-electron chi connectivity index (χ4n) is 2.99. The standard InChI is InChI=1S/C14H23NO4S2Si/c1-14(2,3)7(6-19-22(4)5)8-10(16)15-9(12(17)18)13(20)21-11(8)15/h7-9,11,22H,6H2,1-5H3,(H,17,18)/t7-,8+,9?,11+/m1/s1. The molecule has 1 unspecified atom stereocenters. The number of carbonyl (C=O) groups is 2. The Morgan fingerprint density at radius 3 is 2.55 bits per heavy atom. The number of carbonyl (C=O) groups excluding carboxylic acids is 1. The Hall–Kier alpha value is -0.443. The van der Waals surface area contributed by atoms with Gasteiger partial charge in [-0.25, -0.2) is 4.79 Å². The van der Waals surface area contributed by atoms with Crippen LogP contribution in [0.4, 0.5) is 0 Å². The first kappa shape index (κ1) is 17.9. The molecule has 2 fully saturated rings. The van der Waals surface area contributed by atoms with E-state index < -0.39 is 21.1 Å². The highest BCUT2D eigenvalue weighted by Gasteiger charge is 2.62. The zero-order valence-electron chi connectivity index (χ0n) is 13.5. The Morgan fingerprint density at radius 2 is 2.09 bits per heavy atom. The van der Waals surface area contributed by atoms with Crippen molar-refractivity contribution in [1.29, 1.82) is 0 Å². The van der Waals surface area contributed by atoms with E-state index in [4.69, 9.17) is 16.6 Å². The molecule has 1 N–H and O–H groups in total. The SMILES string of the molecule is C[SiH](C)OC[C@H]([C@H]1C(=O)N2C(C(=O)O)C(=S)S[C@@H]12)C(C)(C)C. The van der Waals surface area contributed by atoms with E-state index in [-0.39, 0.29) is 28.5 Å². The van der Waals surface area contributed by atoms with Gasteiger partial charge in [-0.15, -0.1) is 0 Å². The minimum absolute atomic E-state index is 0.0685. The van der Waals surface area contributed by atoms with Crippen LogP contribution in [0, 0.1) is 17.3 Å². The van der Waals surface area contributed by atoms with E-state index in [0.29, 0.717) is 10.8 Å². The van der Waals surface area contributed by atoms with Gasteiger partial charge in [0.25, 0.3) is 0 Å². The first-order chi connectivity index (χ1) is 10.1. The lowest BCUT2D eigenvalue weighted by Crippen LogP contribution is -2.65. The summed E-state index contributed by atoms with van der Waals surface area (Å²) in [5.74, 6) is -1.28. The van der Waals surface area contributed by atoms with Crippen LogP contribution in [0.15, 0.2) is 0 Å². The van der Waals surface area contributed by atoms with Gasteiger partial charge in [0.1, 0.15) is 0 Å². The number of fused-ring (bicyclic) bond motifs is 1. The lowest BCUT2D eigenvalue weighted by Gasteiger charge is -2.50. The van der Waals surface area contributed by atoms with Gasteiger partial charge in [-0.3, -0.25) is 4.79 Å². The number of rotatable bonds is 5. The molecule has 2 saturated heterocycles. The van der Waals surface area contributed by atoms with Crippen LogP contribution in [-0.2, 0) is 14.0 Å². The fraction of sp³-hybridized carbons (Fsp3) is 0.786. The van der Waals surface area contributed by atoms with Gasteiger partial charge >= 0.3 is 5.97 Å². The summed E-state index contributed by atoms with van der Waals surface area (Å²) in [4.78, 5) is 25.3. The smallest absolute Gasteiger partial charge is 0.332 e. The number of carboxylic acids is 1. The summed E-state index contributed by atoms with van der Waals surface area (Å²) in [6.07, 6.45) is 0. The third-order valence-corrected chi connectivity index (χ3v) is 6.84. The molecule has 2 aliphatic rings. The van der Waals surface area contributed by atoms with Crippen molar-refractivity contribution in [2.75, 3.05) is 6.61 Å². The average Bonchev–Trinajstić information content (AvgIpc) is 2.66. The number of hydrogen-bond donors (Lipinski definition) is 1.